The Morgan fingerprint density at radius 3 is 3.00 bits per heavy atom. The van der Waals surface area contributed by atoms with Crippen LogP contribution in [0.15, 0.2) is 24.4 Å². The van der Waals surface area contributed by atoms with Gasteiger partial charge in [-0.3, -0.25) is 9.78 Å². The van der Waals surface area contributed by atoms with E-state index in [1.54, 1.807) is 13.3 Å². The highest BCUT2D eigenvalue weighted by Gasteiger charge is 2.00. The molecule has 2 N–H and O–H groups in total. The molecule has 5 heteroatoms. The molecule has 1 rings (SSSR count). The Hall–Kier alpha value is -1.46. The molecular weight excluding hydrogens is 218 g/mol. The minimum absolute atomic E-state index is 0.0283. The number of nitrogens with one attached hydrogen (secondary N) is 2. The van der Waals surface area contributed by atoms with E-state index in [-0.39, 0.29) is 5.91 Å². The van der Waals surface area contributed by atoms with Crippen molar-refractivity contribution in [1.29, 1.82) is 0 Å². The van der Waals surface area contributed by atoms with Gasteiger partial charge in [0.1, 0.15) is 0 Å². The van der Waals surface area contributed by atoms with Crippen molar-refractivity contribution in [1.82, 2.24) is 15.6 Å². The largest absolute Gasteiger partial charge is 0.383 e. The van der Waals surface area contributed by atoms with E-state index in [2.05, 4.69) is 15.6 Å². The number of hydrogen-bond acceptors (Lipinski definition) is 4. The highest BCUT2D eigenvalue weighted by Crippen LogP contribution is 1.92. The SMILES string of the molecule is COCCNCCC(=O)NCc1ccccn1. The van der Waals surface area contributed by atoms with Gasteiger partial charge >= 0.3 is 0 Å². The van der Waals surface area contributed by atoms with Crippen molar-refractivity contribution >= 4 is 5.91 Å². The highest BCUT2D eigenvalue weighted by molar-refractivity contribution is 5.75. The van der Waals surface area contributed by atoms with Crippen LogP contribution in [-0.2, 0) is 16.1 Å². The molecule has 0 unspecified atom stereocenters. The van der Waals surface area contributed by atoms with Crippen LogP contribution >= 0.6 is 0 Å². The Morgan fingerprint density at radius 1 is 1.41 bits per heavy atom. The van der Waals surface area contributed by atoms with Crippen LogP contribution < -0.4 is 10.6 Å². The predicted molar refractivity (Wildman–Crippen MR) is 65.4 cm³/mol. The maximum absolute atomic E-state index is 11.4. The lowest BCUT2D eigenvalue weighted by Crippen LogP contribution is -2.28. The van der Waals surface area contributed by atoms with Crippen LogP contribution in [-0.4, -0.2) is 37.7 Å². The summed E-state index contributed by atoms with van der Waals surface area (Å²) in [5.41, 5.74) is 0.869. The summed E-state index contributed by atoms with van der Waals surface area (Å²) in [5, 5.41) is 5.93. The summed E-state index contributed by atoms with van der Waals surface area (Å²) in [6.07, 6.45) is 2.18. The van der Waals surface area contributed by atoms with Gasteiger partial charge < -0.3 is 15.4 Å². The number of rotatable bonds is 8. The Labute approximate surface area is 102 Å². The van der Waals surface area contributed by atoms with E-state index in [1.807, 2.05) is 18.2 Å². The van der Waals surface area contributed by atoms with Crippen molar-refractivity contribution in [2.45, 2.75) is 13.0 Å². The predicted octanol–water partition coefficient (Wildman–Crippen LogP) is 0.324. The molecular formula is C12H19N3O2. The third-order valence-corrected chi connectivity index (χ3v) is 2.20. The maximum atomic E-state index is 11.4. The summed E-state index contributed by atoms with van der Waals surface area (Å²) in [5.74, 6) is 0.0283. The smallest absolute Gasteiger partial charge is 0.221 e. The summed E-state index contributed by atoms with van der Waals surface area (Å²) in [6.45, 7) is 2.58. The molecule has 1 aromatic rings. The Kier molecular flexibility index (Phi) is 6.93. The summed E-state index contributed by atoms with van der Waals surface area (Å²) >= 11 is 0. The number of carbonyl (C=O) groups excluding carboxylic acids is 1. The van der Waals surface area contributed by atoms with Crippen molar-refractivity contribution in [2.75, 3.05) is 26.8 Å². The van der Waals surface area contributed by atoms with Crippen LogP contribution in [0, 0.1) is 0 Å². The van der Waals surface area contributed by atoms with Crippen LogP contribution in [0.5, 0.6) is 0 Å². The van der Waals surface area contributed by atoms with Crippen LogP contribution in [0.3, 0.4) is 0 Å². The molecule has 0 fully saturated rings. The molecule has 1 heterocycles. The summed E-state index contributed by atoms with van der Waals surface area (Å²) in [4.78, 5) is 15.6. The maximum Gasteiger partial charge on any atom is 0.221 e. The number of methoxy groups -OCH3 is 1. The number of carbonyl (C=O) groups is 1. The zero-order chi connectivity index (χ0) is 12.3. The van der Waals surface area contributed by atoms with Gasteiger partial charge in [0, 0.05) is 32.8 Å². The molecule has 0 aromatic carbocycles. The van der Waals surface area contributed by atoms with Crippen molar-refractivity contribution in [3.8, 4) is 0 Å². The van der Waals surface area contributed by atoms with E-state index in [4.69, 9.17) is 4.74 Å². The molecule has 0 spiro atoms. The molecule has 94 valence electrons. The quantitative estimate of drug-likeness (QED) is 0.639. The minimum Gasteiger partial charge on any atom is -0.383 e. The van der Waals surface area contributed by atoms with Crippen LogP contribution in [0.2, 0.25) is 0 Å². The second-order valence-corrected chi connectivity index (χ2v) is 3.59. The lowest BCUT2D eigenvalue weighted by Gasteiger charge is -2.05. The molecule has 0 atom stereocenters. The topological polar surface area (TPSA) is 63.2 Å². The molecule has 0 radical (unpaired) electrons. The van der Waals surface area contributed by atoms with Gasteiger partial charge in [0.15, 0.2) is 0 Å². The number of ether oxygens (including phenoxy) is 1. The monoisotopic (exact) mass is 237 g/mol. The fraction of sp³-hybridized carbons (Fsp3) is 0.500. The average molecular weight is 237 g/mol. The van der Waals surface area contributed by atoms with E-state index < -0.39 is 0 Å². The molecule has 1 aromatic heterocycles. The summed E-state index contributed by atoms with van der Waals surface area (Å²) in [7, 11) is 1.65. The van der Waals surface area contributed by atoms with Gasteiger partial charge in [-0.05, 0) is 12.1 Å². The zero-order valence-electron chi connectivity index (χ0n) is 10.1. The fourth-order valence-electron chi connectivity index (χ4n) is 1.28. The number of aromatic nitrogens is 1. The van der Waals surface area contributed by atoms with Crippen molar-refractivity contribution < 1.29 is 9.53 Å². The van der Waals surface area contributed by atoms with E-state index in [0.717, 1.165) is 12.2 Å². The first-order valence-electron chi connectivity index (χ1n) is 5.69. The lowest BCUT2D eigenvalue weighted by molar-refractivity contribution is -0.121. The minimum atomic E-state index is 0.0283. The third-order valence-electron chi connectivity index (χ3n) is 2.20. The van der Waals surface area contributed by atoms with E-state index in [9.17, 15) is 4.79 Å². The Bertz CT molecular complexity index is 317. The fourth-order valence-corrected chi connectivity index (χ4v) is 1.28. The van der Waals surface area contributed by atoms with Crippen molar-refractivity contribution in [2.24, 2.45) is 0 Å². The van der Waals surface area contributed by atoms with Gasteiger partial charge in [-0.25, -0.2) is 0 Å². The zero-order valence-corrected chi connectivity index (χ0v) is 10.1. The first kappa shape index (κ1) is 13.6. The molecule has 0 bridgehead atoms. The molecule has 1 amide bonds. The summed E-state index contributed by atoms with van der Waals surface area (Å²) < 4.78 is 4.88. The Balaban J connectivity index is 2.05. The van der Waals surface area contributed by atoms with E-state index >= 15 is 0 Å². The number of hydrogen-bond donors (Lipinski definition) is 2. The number of pyridine rings is 1. The van der Waals surface area contributed by atoms with Gasteiger partial charge in [0.05, 0.1) is 18.8 Å². The highest BCUT2D eigenvalue weighted by atomic mass is 16.5. The average Bonchev–Trinajstić information content (AvgIpc) is 2.37. The normalized spacial score (nSPS) is 10.2. The van der Waals surface area contributed by atoms with Gasteiger partial charge in [-0.15, -0.1) is 0 Å². The summed E-state index contributed by atoms with van der Waals surface area (Å²) in [6, 6.07) is 5.64. The molecule has 0 saturated carbocycles. The molecule has 0 aliphatic heterocycles. The third kappa shape index (κ3) is 6.65. The van der Waals surface area contributed by atoms with Gasteiger partial charge in [0.25, 0.3) is 0 Å². The van der Waals surface area contributed by atoms with Crippen LogP contribution in [0.1, 0.15) is 12.1 Å². The van der Waals surface area contributed by atoms with Crippen LogP contribution in [0.4, 0.5) is 0 Å². The van der Waals surface area contributed by atoms with E-state index in [1.165, 1.54) is 0 Å². The Morgan fingerprint density at radius 2 is 2.29 bits per heavy atom. The first-order valence-corrected chi connectivity index (χ1v) is 5.69. The first-order chi connectivity index (χ1) is 8.33. The second-order valence-electron chi connectivity index (χ2n) is 3.59. The standard InChI is InChI=1S/C12H19N3O2/c1-17-9-8-13-7-5-12(16)15-10-11-4-2-3-6-14-11/h2-4,6,13H,5,7-10H2,1H3,(H,15,16). The van der Waals surface area contributed by atoms with Crippen molar-refractivity contribution in [3.63, 3.8) is 0 Å². The number of nitrogens with zero attached hydrogens (tertiary/aromatic N) is 1. The molecule has 0 aliphatic carbocycles. The molecule has 0 aliphatic rings. The molecule has 5 nitrogen and oxygen atoms in total. The molecule has 0 saturated heterocycles. The second kappa shape index (κ2) is 8.66. The van der Waals surface area contributed by atoms with Crippen molar-refractivity contribution in [3.05, 3.63) is 30.1 Å². The molecule has 17 heavy (non-hydrogen) atoms. The van der Waals surface area contributed by atoms with Gasteiger partial charge in [-0.2, -0.15) is 0 Å². The lowest BCUT2D eigenvalue weighted by atomic mass is 10.3. The van der Waals surface area contributed by atoms with Crippen LogP contribution in [0.25, 0.3) is 0 Å². The van der Waals surface area contributed by atoms with Gasteiger partial charge in [-0.1, -0.05) is 6.07 Å². The van der Waals surface area contributed by atoms with Gasteiger partial charge in [0.2, 0.25) is 5.91 Å². The number of amides is 1. The van der Waals surface area contributed by atoms with E-state index in [0.29, 0.717) is 26.1 Å².